The molecule has 6 rings (SSSR count). The maximum Gasteiger partial charge on any atom is 0.201 e. The Hall–Kier alpha value is -4.89. The summed E-state index contributed by atoms with van der Waals surface area (Å²) in [6.45, 7) is 8.76. The topological polar surface area (TPSA) is 42.2 Å². The lowest BCUT2D eigenvalue weighted by atomic mass is 9.69. The number of rotatable bonds is 7. The van der Waals surface area contributed by atoms with E-state index in [4.69, 9.17) is 0 Å². The van der Waals surface area contributed by atoms with Gasteiger partial charge >= 0.3 is 0 Å². The summed E-state index contributed by atoms with van der Waals surface area (Å²) in [5.41, 5.74) is 8.15. The van der Waals surface area contributed by atoms with E-state index in [1.54, 1.807) is 6.08 Å². The molecule has 0 spiro atoms. The highest BCUT2D eigenvalue weighted by atomic mass is 16.3. The Labute approximate surface area is 241 Å². The van der Waals surface area contributed by atoms with Gasteiger partial charge in [0.2, 0.25) is 5.78 Å². The molecule has 4 aromatic carbocycles. The molecule has 0 amide bonds. The Morgan fingerprint density at radius 3 is 2.17 bits per heavy atom. The van der Waals surface area contributed by atoms with Crippen LogP contribution in [0.25, 0.3) is 27.7 Å². The molecule has 0 saturated heterocycles. The van der Waals surface area contributed by atoms with Crippen LogP contribution in [0.1, 0.15) is 29.2 Å². The van der Waals surface area contributed by atoms with E-state index in [9.17, 15) is 9.90 Å². The lowest BCUT2D eigenvalue weighted by molar-refractivity contribution is -0.111. The summed E-state index contributed by atoms with van der Waals surface area (Å²) >= 11 is 0. The summed E-state index contributed by atoms with van der Waals surface area (Å²) in [6, 6.07) is 36.7. The van der Waals surface area contributed by atoms with Crippen molar-refractivity contribution in [1.29, 1.82) is 0 Å². The average molecular weight is 536 g/mol. The molecule has 0 bridgehead atoms. The Kier molecular flexibility index (Phi) is 6.59. The van der Waals surface area contributed by atoms with E-state index in [0.29, 0.717) is 17.6 Å². The number of aliphatic hydroxyl groups excluding tert-OH is 1. The largest absolute Gasteiger partial charge is 0.506 e. The normalized spacial score (nSPS) is 15.7. The number of carbonyl (C=O) groups excluding carboxylic acids is 1. The molecule has 3 nitrogen and oxygen atoms in total. The van der Waals surface area contributed by atoms with Crippen molar-refractivity contribution in [2.24, 2.45) is 7.05 Å². The van der Waals surface area contributed by atoms with Gasteiger partial charge in [-0.05, 0) is 53.3 Å². The third-order valence-electron chi connectivity index (χ3n) is 8.54. The fourth-order valence-electron chi connectivity index (χ4n) is 6.28. The van der Waals surface area contributed by atoms with Crippen LogP contribution in [-0.4, -0.2) is 15.5 Å². The Morgan fingerprint density at radius 2 is 1.49 bits per heavy atom. The van der Waals surface area contributed by atoms with Gasteiger partial charge in [-0.1, -0.05) is 117 Å². The quantitative estimate of drug-likeness (QED) is 0.212. The lowest BCUT2D eigenvalue weighted by Crippen LogP contribution is -2.29. The number of para-hydroxylation sites is 1. The Morgan fingerprint density at radius 1 is 0.878 bits per heavy atom. The molecule has 1 aliphatic carbocycles. The first kappa shape index (κ1) is 26.3. The van der Waals surface area contributed by atoms with Crippen molar-refractivity contribution in [3.8, 4) is 11.3 Å². The van der Waals surface area contributed by atoms with Crippen molar-refractivity contribution in [3.63, 3.8) is 0 Å². The van der Waals surface area contributed by atoms with E-state index < -0.39 is 5.41 Å². The second kappa shape index (κ2) is 10.3. The van der Waals surface area contributed by atoms with Gasteiger partial charge in [-0.25, -0.2) is 0 Å². The molecule has 0 radical (unpaired) electrons. The number of hydrogen-bond acceptors (Lipinski definition) is 2. The van der Waals surface area contributed by atoms with E-state index in [1.165, 1.54) is 5.56 Å². The number of benzene rings is 4. The van der Waals surface area contributed by atoms with E-state index >= 15 is 0 Å². The summed E-state index contributed by atoms with van der Waals surface area (Å²) in [6.07, 6.45) is 2.51. The van der Waals surface area contributed by atoms with Crippen molar-refractivity contribution in [3.05, 3.63) is 161 Å². The van der Waals surface area contributed by atoms with Crippen LogP contribution in [0.3, 0.4) is 0 Å². The van der Waals surface area contributed by atoms with Crippen molar-refractivity contribution >= 4 is 22.3 Å². The highest BCUT2D eigenvalue weighted by Crippen LogP contribution is 2.46. The van der Waals surface area contributed by atoms with E-state index in [-0.39, 0.29) is 11.5 Å². The molecule has 1 heterocycles. The van der Waals surface area contributed by atoms with E-state index in [1.807, 2.05) is 92.0 Å². The van der Waals surface area contributed by atoms with Gasteiger partial charge in [0.1, 0.15) is 5.76 Å². The van der Waals surface area contributed by atoms with E-state index in [0.717, 1.165) is 44.4 Å². The number of fused-ring (bicyclic) bond motifs is 1. The van der Waals surface area contributed by atoms with Crippen LogP contribution in [0.5, 0.6) is 0 Å². The number of aryl methyl sites for hydroxylation is 2. The second-order valence-corrected chi connectivity index (χ2v) is 11.1. The van der Waals surface area contributed by atoms with E-state index in [2.05, 4.69) is 49.3 Å². The van der Waals surface area contributed by atoms with Gasteiger partial charge in [0.25, 0.3) is 0 Å². The van der Waals surface area contributed by atoms with Gasteiger partial charge in [0.05, 0.1) is 16.8 Å². The van der Waals surface area contributed by atoms with Crippen LogP contribution in [0.4, 0.5) is 0 Å². The average Bonchev–Trinajstić information content (AvgIpc) is 3.28. The Balaban J connectivity index is 1.47. The number of aromatic nitrogens is 1. The van der Waals surface area contributed by atoms with Crippen LogP contribution < -0.4 is 0 Å². The molecule has 202 valence electrons. The summed E-state index contributed by atoms with van der Waals surface area (Å²) in [4.78, 5) is 13.9. The highest BCUT2D eigenvalue weighted by molar-refractivity contribution is 6.41. The molecule has 1 atom stereocenters. The Bertz CT molecular complexity index is 1870. The zero-order valence-corrected chi connectivity index (χ0v) is 23.7. The van der Waals surface area contributed by atoms with Crippen molar-refractivity contribution < 1.29 is 9.90 Å². The predicted molar refractivity (Wildman–Crippen MR) is 169 cm³/mol. The first-order chi connectivity index (χ1) is 19.8. The van der Waals surface area contributed by atoms with Crippen molar-refractivity contribution in [2.75, 3.05) is 0 Å². The fraction of sp³-hybridized carbons (Fsp3) is 0.132. The molecule has 1 aliphatic rings. The van der Waals surface area contributed by atoms with Crippen LogP contribution in [-0.2, 0) is 23.7 Å². The molecule has 5 aromatic rings. The molecule has 1 unspecified atom stereocenters. The smallest absolute Gasteiger partial charge is 0.201 e. The molecule has 1 aromatic heterocycles. The van der Waals surface area contributed by atoms with Crippen molar-refractivity contribution in [2.45, 2.75) is 25.7 Å². The SMILES string of the molecule is C=C(/C=C1/C(=O)C(c2c(-c3ccccc3)n(C)c3ccccc23)=C1O)C(C)(Cc1ccccc1)c1ccccc1C. The first-order valence-corrected chi connectivity index (χ1v) is 13.9. The second-order valence-electron chi connectivity index (χ2n) is 11.1. The highest BCUT2D eigenvalue weighted by Gasteiger charge is 2.40. The van der Waals surface area contributed by atoms with Crippen molar-refractivity contribution in [1.82, 2.24) is 4.57 Å². The molecule has 41 heavy (non-hydrogen) atoms. The monoisotopic (exact) mass is 535 g/mol. The summed E-state index contributed by atoms with van der Waals surface area (Å²) < 4.78 is 2.10. The number of nitrogens with zero attached hydrogens (tertiary/aromatic N) is 1. The van der Waals surface area contributed by atoms with Crippen LogP contribution in [0.15, 0.2) is 139 Å². The molecule has 0 fully saturated rings. The fourth-order valence-corrected chi connectivity index (χ4v) is 6.28. The third kappa shape index (κ3) is 4.35. The summed E-state index contributed by atoms with van der Waals surface area (Å²) in [5.74, 6) is -0.138. The van der Waals surface area contributed by atoms with Gasteiger partial charge in [0.15, 0.2) is 0 Å². The van der Waals surface area contributed by atoms with Gasteiger partial charge in [-0.2, -0.15) is 0 Å². The molecule has 0 saturated carbocycles. The maximum absolute atomic E-state index is 13.9. The lowest BCUT2D eigenvalue weighted by Gasteiger charge is -2.34. The molecule has 3 heteroatoms. The third-order valence-corrected chi connectivity index (χ3v) is 8.54. The zero-order chi connectivity index (χ0) is 28.7. The summed E-state index contributed by atoms with van der Waals surface area (Å²) in [5, 5.41) is 12.4. The van der Waals surface area contributed by atoms with Gasteiger partial charge in [0, 0.05) is 28.9 Å². The van der Waals surface area contributed by atoms with Gasteiger partial charge < -0.3 is 9.67 Å². The predicted octanol–water partition coefficient (Wildman–Crippen LogP) is 8.69. The standard InChI is InChI=1S/C38H33NO2/c1-25-15-11-13-21-31(25)38(3,24-27-16-7-5-8-17-27)26(2)23-30-36(40)34(37(30)41)33-29-20-12-14-22-32(29)39(4)35(33)28-18-9-6-10-19-28/h5-23,40H,2,24H2,1,3-4H3/b30-23+. The van der Waals surface area contributed by atoms with Crippen LogP contribution in [0.2, 0.25) is 0 Å². The number of hydrogen-bond donors (Lipinski definition) is 1. The number of aliphatic hydroxyl groups is 1. The van der Waals surface area contributed by atoms with Gasteiger partial charge in [-0.15, -0.1) is 0 Å². The minimum Gasteiger partial charge on any atom is -0.506 e. The minimum absolute atomic E-state index is 0.0246. The van der Waals surface area contributed by atoms with Crippen LogP contribution in [0, 0.1) is 6.92 Å². The minimum atomic E-state index is -0.481. The van der Waals surface area contributed by atoms with Gasteiger partial charge in [-0.3, -0.25) is 4.79 Å². The maximum atomic E-state index is 13.9. The number of allylic oxidation sites excluding steroid dienone is 4. The molecule has 0 aliphatic heterocycles. The number of Topliss-reactive ketones (excluding diaryl/α,β-unsaturated/α-hetero) is 1. The summed E-state index contributed by atoms with van der Waals surface area (Å²) in [7, 11) is 2.00. The molecular formula is C38H33NO2. The molecule has 1 N–H and O–H groups in total. The first-order valence-electron chi connectivity index (χ1n) is 13.9. The number of ketones is 1. The molecular weight excluding hydrogens is 502 g/mol. The number of carbonyl (C=O) groups is 1. The zero-order valence-electron chi connectivity index (χ0n) is 23.7. The van der Waals surface area contributed by atoms with Crippen LogP contribution >= 0.6 is 0 Å².